The van der Waals surface area contributed by atoms with Gasteiger partial charge in [-0.05, 0) is 34.4 Å². The lowest BCUT2D eigenvalue weighted by atomic mass is 10.2. The predicted molar refractivity (Wildman–Crippen MR) is 101 cm³/mol. The first kappa shape index (κ1) is 16.6. The van der Waals surface area contributed by atoms with Gasteiger partial charge in [0.15, 0.2) is 5.82 Å². The van der Waals surface area contributed by atoms with Gasteiger partial charge in [-0.3, -0.25) is 4.79 Å². The molecule has 1 aromatic carbocycles. The Kier molecular flexibility index (Phi) is 4.59. The van der Waals surface area contributed by atoms with Gasteiger partial charge in [-0.2, -0.15) is 4.68 Å². The molecule has 3 aromatic rings. The average Bonchev–Trinajstić information content (AvgIpc) is 3.41. The van der Waals surface area contributed by atoms with Crippen LogP contribution in [-0.4, -0.2) is 50.1 Å². The van der Waals surface area contributed by atoms with E-state index in [4.69, 9.17) is 5.73 Å². The van der Waals surface area contributed by atoms with Gasteiger partial charge < -0.3 is 10.6 Å². The van der Waals surface area contributed by atoms with Gasteiger partial charge in [-0.1, -0.05) is 36.4 Å². The van der Waals surface area contributed by atoms with Crippen molar-refractivity contribution < 1.29 is 4.79 Å². The maximum absolute atomic E-state index is 13.2. The van der Waals surface area contributed by atoms with Crippen molar-refractivity contribution >= 4 is 29.0 Å². The zero-order chi connectivity index (χ0) is 17.9. The minimum absolute atomic E-state index is 0.0180. The summed E-state index contributed by atoms with van der Waals surface area (Å²) in [6, 6.07) is 13.5. The van der Waals surface area contributed by atoms with E-state index >= 15 is 0 Å². The molecule has 0 radical (unpaired) electrons. The summed E-state index contributed by atoms with van der Waals surface area (Å²) < 4.78 is 1.52. The van der Waals surface area contributed by atoms with E-state index in [9.17, 15) is 4.79 Å². The minimum Gasteiger partial charge on any atom is -0.336 e. The van der Waals surface area contributed by atoms with E-state index in [-0.39, 0.29) is 11.9 Å². The summed E-state index contributed by atoms with van der Waals surface area (Å²) in [4.78, 5) is 15.9. The van der Waals surface area contributed by atoms with Crippen LogP contribution in [0, 0.1) is 0 Å². The highest BCUT2D eigenvalue weighted by molar-refractivity contribution is 7.10. The smallest absolute Gasteiger partial charge is 0.272 e. The fourth-order valence-corrected chi connectivity index (χ4v) is 3.62. The third-order valence-electron chi connectivity index (χ3n) is 4.28. The van der Waals surface area contributed by atoms with Gasteiger partial charge in [-0.15, -0.1) is 16.4 Å². The topological polar surface area (TPSA) is 89.9 Å². The van der Waals surface area contributed by atoms with Crippen LogP contribution >= 0.6 is 11.3 Å². The molecule has 0 aliphatic carbocycles. The number of thiophene rings is 1. The maximum Gasteiger partial charge on any atom is 0.272 e. The molecule has 7 nitrogen and oxygen atoms in total. The van der Waals surface area contributed by atoms with E-state index in [1.54, 1.807) is 16.2 Å². The molecule has 1 amide bonds. The normalized spacial score (nSPS) is 17.7. The Hall–Kier alpha value is -2.84. The summed E-state index contributed by atoms with van der Waals surface area (Å²) in [7, 11) is 0. The van der Waals surface area contributed by atoms with Crippen molar-refractivity contribution in [1.82, 2.24) is 25.1 Å². The molecule has 1 fully saturated rings. The molecule has 1 unspecified atom stereocenters. The van der Waals surface area contributed by atoms with Crippen LogP contribution in [0.25, 0.3) is 23.2 Å². The molecule has 1 aliphatic rings. The van der Waals surface area contributed by atoms with E-state index in [0.29, 0.717) is 24.6 Å². The molecule has 1 aliphatic heterocycles. The summed E-state index contributed by atoms with van der Waals surface area (Å²) in [6.07, 6.45) is 2.64. The number of carbonyl (C=O) groups excluding carboxylic acids is 1. The lowest BCUT2D eigenvalue weighted by Crippen LogP contribution is -2.34. The van der Waals surface area contributed by atoms with Crippen LogP contribution in [0.5, 0.6) is 0 Å². The van der Waals surface area contributed by atoms with E-state index in [0.717, 1.165) is 16.9 Å². The Balaban J connectivity index is 1.78. The van der Waals surface area contributed by atoms with Crippen LogP contribution in [0.3, 0.4) is 0 Å². The number of aromatic nitrogens is 4. The Morgan fingerprint density at radius 3 is 2.77 bits per heavy atom. The summed E-state index contributed by atoms with van der Waals surface area (Å²) in [5.74, 6) is 0.418. The number of nitrogens with two attached hydrogens (primary N) is 1. The highest BCUT2D eigenvalue weighted by atomic mass is 32.1. The van der Waals surface area contributed by atoms with Crippen LogP contribution in [-0.2, 0) is 4.79 Å². The molecule has 8 heteroatoms. The number of nitrogens with zero attached hydrogens (tertiary/aromatic N) is 5. The van der Waals surface area contributed by atoms with Gasteiger partial charge in [0.1, 0.15) is 5.70 Å². The Morgan fingerprint density at radius 2 is 2.08 bits per heavy atom. The van der Waals surface area contributed by atoms with Crippen LogP contribution < -0.4 is 5.73 Å². The van der Waals surface area contributed by atoms with Crippen molar-refractivity contribution in [1.29, 1.82) is 0 Å². The monoisotopic (exact) mass is 366 g/mol. The van der Waals surface area contributed by atoms with Crippen molar-refractivity contribution in [3.05, 3.63) is 52.7 Å². The van der Waals surface area contributed by atoms with Gasteiger partial charge >= 0.3 is 0 Å². The van der Waals surface area contributed by atoms with Crippen LogP contribution in [0.4, 0.5) is 0 Å². The molecule has 0 bridgehead atoms. The molecule has 2 N–H and O–H groups in total. The van der Waals surface area contributed by atoms with Crippen molar-refractivity contribution in [2.24, 2.45) is 5.73 Å². The number of carbonyl (C=O) groups is 1. The van der Waals surface area contributed by atoms with E-state index < -0.39 is 0 Å². The number of amides is 1. The second-order valence-corrected chi connectivity index (χ2v) is 7.10. The maximum atomic E-state index is 13.2. The first-order valence-corrected chi connectivity index (χ1v) is 9.24. The highest BCUT2D eigenvalue weighted by Crippen LogP contribution is 2.24. The molecular weight excluding hydrogens is 348 g/mol. The number of benzene rings is 1. The Labute approximate surface area is 154 Å². The molecule has 0 spiro atoms. The van der Waals surface area contributed by atoms with Gasteiger partial charge in [-0.25, -0.2) is 0 Å². The second kappa shape index (κ2) is 7.19. The van der Waals surface area contributed by atoms with Crippen LogP contribution in [0.2, 0.25) is 0 Å². The third-order valence-corrected chi connectivity index (χ3v) is 5.10. The molecule has 0 saturated carbocycles. The molecule has 3 heterocycles. The summed E-state index contributed by atoms with van der Waals surface area (Å²) >= 11 is 1.56. The number of tetrazole rings is 1. The number of rotatable bonds is 4. The van der Waals surface area contributed by atoms with E-state index in [2.05, 4.69) is 15.5 Å². The summed E-state index contributed by atoms with van der Waals surface area (Å²) in [6.45, 7) is 1.19. The first-order chi connectivity index (χ1) is 12.7. The average molecular weight is 366 g/mol. The number of hydrogen-bond acceptors (Lipinski definition) is 6. The first-order valence-electron chi connectivity index (χ1n) is 8.36. The zero-order valence-electron chi connectivity index (χ0n) is 14.0. The van der Waals surface area contributed by atoms with Crippen LogP contribution in [0.1, 0.15) is 11.3 Å². The lowest BCUT2D eigenvalue weighted by Gasteiger charge is -2.18. The molecule has 132 valence electrons. The molecule has 1 atom stereocenters. The summed E-state index contributed by atoms with van der Waals surface area (Å²) in [5.41, 5.74) is 7.25. The van der Waals surface area contributed by atoms with Gasteiger partial charge in [0.25, 0.3) is 5.91 Å². The molecule has 2 aromatic heterocycles. The van der Waals surface area contributed by atoms with Crippen molar-refractivity contribution in [2.75, 3.05) is 13.1 Å². The Bertz CT molecular complexity index is 918. The number of hydrogen-bond donors (Lipinski definition) is 1. The fourth-order valence-electron chi connectivity index (χ4n) is 2.97. The van der Waals surface area contributed by atoms with Gasteiger partial charge in [0, 0.05) is 29.6 Å². The standard InChI is InChI=1S/C18H18N6OS/c19-14-8-9-23(12-14)18(25)16(11-15-7-4-10-26-15)24-17(20-21-22-24)13-5-2-1-3-6-13/h1-7,10-11,14H,8-9,12,19H2/b16-11+. The van der Waals surface area contributed by atoms with E-state index in [1.165, 1.54) is 4.68 Å². The van der Waals surface area contributed by atoms with E-state index in [1.807, 2.05) is 53.9 Å². The lowest BCUT2D eigenvalue weighted by molar-refractivity contribution is -0.124. The number of likely N-dealkylation sites (tertiary alicyclic amines) is 1. The quantitative estimate of drug-likeness (QED) is 0.713. The molecule has 4 rings (SSSR count). The third kappa shape index (κ3) is 3.29. The van der Waals surface area contributed by atoms with Crippen molar-refractivity contribution in [3.63, 3.8) is 0 Å². The SMILES string of the molecule is NC1CCN(C(=O)/C(=C\c2cccs2)n2nnnc2-c2ccccc2)C1. The second-order valence-electron chi connectivity index (χ2n) is 6.13. The highest BCUT2D eigenvalue weighted by Gasteiger charge is 2.29. The van der Waals surface area contributed by atoms with Crippen molar-refractivity contribution in [2.45, 2.75) is 12.5 Å². The largest absolute Gasteiger partial charge is 0.336 e. The van der Waals surface area contributed by atoms with Gasteiger partial charge in [0.05, 0.1) is 0 Å². The minimum atomic E-state index is -0.115. The van der Waals surface area contributed by atoms with Gasteiger partial charge in [0.2, 0.25) is 0 Å². The summed E-state index contributed by atoms with van der Waals surface area (Å²) in [5, 5.41) is 14.0. The molecule has 26 heavy (non-hydrogen) atoms. The van der Waals surface area contributed by atoms with Crippen LogP contribution in [0.15, 0.2) is 47.8 Å². The fraction of sp³-hybridized carbons (Fsp3) is 0.222. The zero-order valence-corrected chi connectivity index (χ0v) is 14.8. The molecular formula is C18H18N6OS. The molecule has 1 saturated heterocycles. The van der Waals surface area contributed by atoms with Crippen molar-refractivity contribution in [3.8, 4) is 11.4 Å². The predicted octanol–water partition coefficient (Wildman–Crippen LogP) is 1.96. The Morgan fingerprint density at radius 1 is 1.23 bits per heavy atom.